The molecule has 31 heavy (non-hydrogen) atoms. The quantitative estimate of drug-likeness (QED) is 0.226. The summed E-state index contributed by atoms with van der Waals surface area (Å²) in [6.45, 7) is 2.94. The zero-order valence-corrected chi connectivity index (χ0v) is 16.6. The Labute approximate surface area is 178 Å². The Hall–Kier alpha value is -1.80. The highest BCUT2D eigenvalue weighted by Gasteiger charge is 2.46. The van der Waals surface area contributed by atoms with Gasteiger partial charge < -0.3 is 54.7 Å². The van der Waals surface area contributed by atoms with Crippen LogP contribution in [0.2, 0.25) is 0 Å². The number of hydrogen-bond donors (Lipinski definition) is 7. The van der Waals surface area contributed by atoms with Crippen molar-refractivity contribution in [3.05, 3.63) is 36.4 Å². The van der Waals surface area contributed by atoms with E-state index >= 15 is 0 Å². The fourth-order valence-electron chi connectivity index (χ4n) is 3.35. The molecule has 7 N–H and O–H groups in total. The van der Waals surface area contributed by atoms with E-state index in [4.69, 9.17) is 18.9 Å². The first kappa shape index (κ1) is 23.9. The summed E-state index contributed by atoms with van der Waals surface area (Å²) >= 11 is 0. The lowest BCUT2D eigenvalue weighted by atomic mass is 9.99. The van der Waals surface area contributed by atoms with E-state index in [0.29, 0.717) is 6.42 Å². The Morgan fingerprint density at radius 2 is 1.68 bits per heavy atom. The van der Waals surface area contributed by atoms with Gasteiger partial charge in [0.15, 0.2) is 17.8 Å². The first-order valence-corrected chi connectivity index (χ1v) is 9.79. The van der Waals surface area contributed by atoms with Crippen molar-refractivity contribution in [1.82, 2.24) is 0 Å². The molecule has 1 aromatic rings. The van der Waals surface area contributed by atoms with E-state index in [2.05, 4.69) is 6.58 Å². The number of aliphatic hydroxyl groups excluding tert-OH is 6. The third kappa shape index (κ3) is 5.34. The van der Waals surface area contributed by atoms with Crippen LogP contribution in [0.3, 0.4) is 0 Å². The number of benzene rings is 1. The van der Waals surface area contributed by atoms with E-state index in [9.17, 15) is 35.7 Å². The molecule has 2 saturated heterocycles. The summed E-state index contributed by atoms with van der Waals surface area (Å²) in [6.07, 6.45) is -10.9. The Morgan fingerprint density at radius 1 is 0.968 bits per heavy atom. The van der Waals surface area contributed by atoms with Crippen molar-refractivity contribution in [2.24, 2.45) is 0 Å². The van der Waals surface area contributed by atoms with Gasteiger partial charge in [0.25, 0.3) is 0 Å². The van der Waals surface area contributed by atoms with Gasteiger partial charge >= 0.3 is 0 Å². The molecule has 0 bridgehead atoms. The molecule has 174 valence electrons. The molecule has 11 heteroatoms. The highest BCUT2D eigenvalue weighted by Crippen LogP contribution is 2.31. The van der Waals surface area contributed by atoms with E-state index in [1.807, 2.05) is 0 Å². The summed E-state index contributed by atoms with van der Waals surface area (Å²) in [5.41, 5.74) is 0.782. The lowest BCUT2D eigenvalue weighted by Gasteiger charge is -2.41. The first-order chi connectivity index (χ1) is 14.7. The van der Waals surface area contributed by atoms with Gasteiger partial charge in [-0.15, -0.1) is 6.58 Å². The largest absolute Gasteiger partial charge is 0.504 e. The van der Waals surface area contributed by atoms with Gasteiger partial charge in [-0.2, -0.15) is 0 Å². The van der Waals surface area contributed by atoms with Gasteiger partial charge in [-0.25, -0.2) is 0 Å². The number of phenolic OH excluding ortho intramolecular Hbond substituents is 1. The summed E-state index contributed by atoms with van der Waals surface area (Å²) in [4.78, 5) is 0. The van der Waals surface area contributed by atoms with Crippen molar-refractivity contribution in [2.75, 3.05) is 13.2 Å². The third-order valence-electron chi connectivity index (χ3n) is 5.19. The van der Waals surface area contributed by atoms with Crippen LogP contribution in [-0.2, 0) is 20.6 Å². The molecule has 0 amide bonds. The highest BCUT2D eigenvalue weighted by atomic mass is 16.7. The van der Waals surface area contributed by atoms with Gasteiger partial charge in [0, 0.05) is 0 Å². The maximum atomic E-state index is 10.2. The van der Waals surface area contributed by atoms with E-state index in [-0.39, 0.29) is 18.1 Å². The molecule has 1 aromatic carbocycles. The predicted molar refractivity (Wildman–Crippen MR) is 103 cm³/mol. The lowest BCUT2D eigenvalue weighted by Crippen LogP contribution is -2.61. The van der Waals surface area contributed by atoms with Crippen LogP contribution in [-0.4, -0.2) is 104 Å². The zero-order valence-electron chi connectivity index (χ0n) is 16.6. The molecule has 9 unspecified atom stereocenters. The minimum atomic E-state index is -1.65. The number of rotatable bonds is 7. The molecule has 3 rings (SSSR count). The van der Waals surface area contributed by atoms with Crippen LogP contribution in [0.4, 0.5) is 0 Å². The van der Waals surface area contributed by atoms with Crippen LogP contribution in [0.15, 0.2) is 30.9 Å². The maximum absolute atomic E-state index is 10.2. The minimum Gasteiger partial charge on any atom is -0.504 e. The number of hydrogen-bond acceptors (Lipinski definition) is 11. The summed E-state index contributed by atoms with van der Waals surface area (Å²) in [7, 11) is 0. The average molecular weight is 444 g/mol. The van der Waals surface area contributed by atoms with Crippen molar-refractivity contribution >= 4 is 0 Å². The normalized spacial score (nSPS) is 38.6. The van der Waals surface area contributed by atoms with E-state index in [0.717, 1.165) is 5.56 Å². The number of phenols is 1. The average Bonchev–Trinajstić information content (AvgIpc) is 2.74. The van der Waals surface area contributed by atoms with E-state index in [1.165, 1.54) is 12.1 Å². The van der Waals surface area contributed by atoms with Crippen molar-refractivity contribution in [3.63, 3.8) is 0 Å². The molecule has 2 aliphatic heterocycles. The molecule has 2 aliphatic rings. The van der Waals surface area contributed by atoms with Crippen molar-refractivity contribution in [2.45, 2.75) is 61.7 Å². The Kier molecular flexibility index (Phi) is 7.86. The van der Waals surface area contributed by atoms with Gasteiger partial charge in [0.2, 0.25) is 6.29 Å². The van der Waals surface area contributed by atoms with Gasteiger partial charge in [0.1, 0.15) is 42.7 Å². The number of ether oxygens (including phenoxy) is 4. The van der Waals surface area contributed by atoms with Crippen LogP contribution in [0.5, 0.6) is 11.5 Å². The van der Waals surface area contributed by atoms with Crippen molar-refractivity contribution in [3.8, 4) is 11.5 Å². The van der Waals surface area contributed by atoms with Crippen LogP contribution >= 0.6 is 0 Å². The summed E-state index contributed by atoms with van der Waals surface area (Å²) in [5.74, 6) is -0.224. The fraction of sp³-hybridized carbons (Fsp3) is 0.600. The SMILES string of the molecule is C=CCc1ccc(OC2OC(COC3OCC(O)C(O)C3O)C(O)C(O)C2O)c(O)c1. The van der Waals surface area contributed by atoms with Crippen LogP contribution in [0.1, 0.15) is 5.56 Å². The van der Waals surface area contributed by atoms with Crippen LogP contribution in [0, 0.1) is 0 Å². The topological polar surface area (TPSA) is 179 Å². The monoisotopic (exact) mass is 444 g/mol. The highest BCUT2D eigenvalue weighted by molar-refractivity contribution is 5.42. The number of aliphatic hydroxyl groups is 6. The molecule has 0 spiro atoms. The second-order valence-electron chi connectivity index (χ2n) is 7.51. The molecule has 0 aliphatic carbocycles. The Balaban J connectivity index is 1.64. The third-order valence-corrected chi connectivity index (χ3v) is 5.19. The molecular formula is C20H28O11. The second-order valence-corrected chi connectivity index (χ2v) is 7.51. The first-order valence-electron chi connectivity index (χ1n) is 9.79. The molecule has 2 heterocycles. The molecule has 0 radical (unpaired) electrons. The van der Waals surface area contributed by atoms with Gasteiger partial charge in [0.05, 0.1) is 13.2 Å². The van der Waals surface area contributed by atoms with Crippen LogP contribution < -0.4 is 4.74 Å². The smallest absolute Gasteiger partial charge is 0.229 e. The summed E-state index contributed by atoms with van der Waals surface area (Å²) in [5, 5.41) is 69.8. The minimum absolute atomic E-state index is 0.0109. The van der Waals surface area contributed by atoms with Gasteiger partial charge in [-0.3, -0.25) is 0 Å². The molecular weight excluding hydrogens is 416 g/mol. The second kappa shape index (κ2) is 10.2. The summed E-state index contributed by atoms with van der Waals surface area (Å²) < 4.78 is 21.5. The van der Waals surface area contributed by atoms with Crippen molar-refractivity contribution < 1.29 is 54.7 Å². The standard InChI is InChI=1S/C20H28O11/c1-2-3-9-4-5-12(10(21)6-9)30-20-18(27)16(25)15(24)13(31-20)8-29-19-17(26)14(23)11(22)7-28-19/h2,4-6,11,13-27H,1,3,7-8H2. The Bertz CT molecular complexity index is 744. The molecule has 2 fully saturated rings. The lowest BCUT2D eigenvalue weighted by molar-refractivity contribution is -0.307. The zero-order chi connectivity index (χ0) is 22.7. The molecule has 0 saturated carbocycles. The summed E-state index contributed by atoms with van der Waals surface area (Å²) in [6, 6.07) is 4.60. The van der Waals surface area contributed by atoms with Crippen molar-refractivity contribution in [1.29, 1.82) is 0 Å². The molecule has 0 aromatic heterocycles. The van der Waals surface area contributed by atoms with E-state index in [1.54, 1.807) is 12.1 Å². The maximum Gasteiger partial charge on any atom is 0.229 e. The molecule has 9 atom stereocenters. The van der Waals surface area contributed by atoms with Gasteiger partial charge in [-0.1, -0.05) is 12.1 Å². The fourth-order valence-corrected chi connectivity index (χ4v) is 3.35. The number of allylic oxidation sites excluding steroid dienone is 1. The van der Waals surface area contributed by atoms with E-state index < -0.39 is 61.9 Å². The van der Waals surface area contributed by atoms with Gasteiger partial charge in [-0.05, 0) is 24.1 Å². The Morgan fingerprint density at radius 3 is 2.35 bits per heavy atom. The predicted octanol–water partition coefficient (Wildman–Crippen LogP) is -2.24. The molecule has 11 nitrogen and oxygen atoms in total. The number of aromatic hydroxyl groups is 1. The van der Waals surface area contributed by atoms with Crippen LogP contribution in [0.25, 0.3) is 0 Å².